The molecule has 1 atom stereocenters. The quantitative estimate of drug-likeness (QED) is 0.898. The summed E-state index contributed by atoms with van der Waals surface area (Å²) in [5.41, 5.74) is 0.985. The van der Waals surface area contributed by atoms with Crippen molar-refractivity contribution >= 4 is 23.4 Å². The first kappa shape index (κ1) is 13.3. The summed E-state index contributed by atoms with van der Waals surface area (Å²) in [4.78, 5) is 19.1. The summed E-state index contributed by atoms with van der Waals surface area (Å²) < 4.78 is 0. The minimum atomic E-state index is -1.08. The molecule has 0 amide bonds. The predicted octanol–water partition coefficient (Wildman–Crippen LogP) is 3.00. The Balaban J connectivity index is 2.25. The van der Waals surface area contributed by atoms with Crippen molar-refractivity contribution in [2.75, 3.05) is 5.32 Å². The van der Waals surface area contributed by atoms with Crippen LogP contribution >= 0.6 is 11.6 Å². The van der Waals surface area contributed by atoms with E-state index < -0.39 is 5.97 Å². The minimum absolute atomic E-state index is 0.0255. The van der Waals surface area contributed by atoms with E-state index in [0.29, 0.717) is 5.82 Å². The third kappa shape index (κ3) is 3.00. The first-order chi connectivity index (χ1) is 9.09. The van der Waals surface area contributed by atoms with Crippen molar-refractivity contribution in [1.29, 1.82) is 0 Å². The zero-order valence-corrected chi connectivity index (χ0v) is 10.9. The number of carboxylic acids is 1. The number of anilines is 1. The third-order valence-electron chi connectivity index (χ3n) is 2.66. The highest BCUT2D eigenvalue weighted by atomic mass is 35.5. The Morgan fingerprint density at radius 1 is 1.42 bits per heavy atom. The number of nitrogens with one attached hydrogen (secondary N) is 1. The van der Waals surface area contributed by atoms with Gasteiger partial charge < -0.3 is 10.4 Å². The molecule has 0 aromatic carbocycles. The second-order valence-corrected chi connectivity index (χ2v) is 4.36. The summed E-state index contributed by atoms with van der Waals surface area (Å²) in [6.07, 6.45) is 4.83. The number of hydrogen-bond acceptors (Lipinski definition) is 4. The third-order valence-corrected chi connectivity index (χ3v) is 3.04. The van der Waals surface area contributed by atoms with E-state index in [1.807, 2.05) is 19.1 Å². The zero-order valence-electron chi connectivity index (χ0n) is 10.2. The van der Waals surface area contributed by atoms with Crippen LogP contribution in [0.1, 0.15) is 28.9 Å². The number of rotatable bonds is 4. The van der Waals surface area contributed by atoms with Gasteiger partial charge in [-0.05, 0) is 24.6 Å². The standard InChI is InChI=1S/C13H12ClN3O2/c1-8(9-3-2-5-15-7-9)17-12-11(14)10(13(18)19)4-6-16-12/h2-8H,1H3,(H,16,17)(H,18,19). The number of carbonyl (C=O) groups is 1. The second-order valence-electron chi connectivity index (χ2n) is 3.98. The monoisotopic (exact) mass is 277 g/mol. The van der Waals surface area contributed by atoms with Gasteiger partial charge in [0.1, 0.15) is 5.82 Å². The lowest BCUT2D eigenvalue weighted by Gasteiger charge is -2.16. The molecular formula is C13H12ClN3O2. The van der Waals surface area contributed by atoms with E-state index in [4.69, 9.17) is 16.7 Å². The summed E-state index contributed by atoms with van der Waals surface area (Å²) >= 11 is 6.01. The van der Waals surface area contributed by atoms with Gasteiger partial charge in [-0.3, -0.25) is 4.98 Å². The summed E-state index contributed by atoms with van der Waals surface area (Å²) in [7, 11) is 0. The van der Waals surface area contributed by atoms with Crippen LogP contribution in [0.15, 0.2) is 36.8 Å². The first-order valence-electron chi connectivity index (χ1n) is 5.64. The number of nitrogens with zero attached hydrogens (tertiary/aromatic N) is 2. The Morgan fingerprint density at radius 3 is 2.84 bits per heavy atom. The number of pyridine rings is 2. The Kier molecular flexibility index (Phi) is 3.97. The highest BCUT2D eigenvalue weighted by Gasteiger charge is 2.15. The van der Waals surface area contributed by atoms with Crippen LogP contribution in [0.25, 0.3) is 0 Å². The maximum atomic E-state index is 11.0. The first-order valence-corrected chi connectivity index (χ1v) is 6.01. The van der Waals surface area contributed by atoms with Crippen LogP contribution in [-0.4, -0.2) is 21.0 Å². The van der Waals surface area contributed by atoms with Crippen molar-refractivity contribution in [3.8, 4) is 0 Å². The van der Waals surface area contributed by atoms with Crippen LogP contribution in [-0.2, 0) is 0 Å². The molecule has 0 spiro atoms. The smallest absolute Gasteiger partial charge is 0.337 e. The maximum absolute atomic E-state index is 11.0. The highest BCUT2D eigenvalue weighted by molar-refractivity contribution is 6.35. The molecule has 1 unspecified atom stereocenters. The lowest BCUT2D eigenvalue weighted by molar-refractivity contribution is 0.0697. The molecule has 0 saturated heterocycles. The molecule has 0 bridgehead atoms. The fourth-order valence-electron chi connectivity index (χ4n) is 1.63. The molecule has 0 saturated carbocycles. The van der Waals surface area contributed by atoms with Crippen molar-refractivity contribution in [3.63, 3.8) is 0 Å². The summed E-state index contributed by atoms with van der Waals surface area (Å²) in [5, 5.41) is 12.2. The molecule has 2 aromatic rings. The maximum Gasteiger partial charge on any atom is 0.337 e. The van der Waals surface area contributed by atoms with Crippen LogP contribution in [0, 0.1) is 0 Å². The van der Waals surface area contributed by atoms with Crippen LogP contribution in [0.5, 0.6) is 0 Å². The van der Waals surface area contributed by atoms with Crippen molar-refractivity contribution in [3.05, 3.63) is 52.9 Å². The summed E-state index contributed by atoms with van der Waals surface area (Å²) in [6, 6.07) is 5.03. The molecule has 0 radical (unpaired) electrons. The van der Waals surface area contributed by atoms with Crippen molar-refractivity contribution in [2.24, 2.45) is 0 Å². The van der Waals surface area contributed by atoms with Crippen molar-refractivity contribution < 1.29 is 9.90 Å². The fourth-order valence-corrected chi connectivity index (χ4v) is 1.88. The van der Waals surface area contributed by atoms with E-state index >= 15 is 0 Å². The van der Waals surface area contributed by atoms with E-state index in [-0.39, 0.29) is 16.6 Å². The topological polar surface area (TPSA) is 75.1 Å². The molecule has 2 heterocycles. The molecule has 0 aliphatic rings. The lowest BCUT2D eigenvalue weighted by Crippen LogP contribution is -2.10. The second kappa shape index (κ2) is 5.67. The van der Waals surface area contributed by atoms with E-state index in [2.05, 4.69) is 15.3 Å². The van der Waals surface area contributed by atoms with Gasteiger partial charge >= 0.3 is 5.97 Å². The van der Waals surface area contributed by atoms with E-state index in [0.717, 1.165) is 5.56 Å². The predicted molar refractivity (Wildman–Crippen MR) is 72.5 cm³/mol. The SMILES string of the molecule is CC(Nc1nccc(C(=O)O)c1Cl)c1cccnc1. The van der Waals surface area contributed by atoms with Gasteiger partial charge in [0.15, 0.2) is 0 Å². The van der Waals surface area contributed by atoms with Gasteiger partial charge in [0.2, 0.25) is 0 Å². The average molecular weight is 278 g/mol. The van der Waals surface area contributed by atoms with Gasteiger partial charge in [0.05, 0.1) is 16.6 Å². The van der Waals surface area contributed by atoms with Gasteiger partial charge in [-0.2, -0.15) is 0 Å². The molecule has 2 rings (SSSR count). The molecule has 0 fully saturated rings. The molecule has 19 heavy (non-hydrogen) atoms. The average Bonchev–Trinajstić information content (AvgIpc) is 2.41. The number of aromatic nitrogens is 2. The molecule has 98 valence electrons. The molecule has 0 aliphatic carbocycles. The van der Waals surface area contributed by atoms with Crippen molar-refractivity contribution in [1.82, 2.24) is 9.97 Å². The number of aromatic carboxylic acids is 1. The van der Waals surface area contributed by atoms with Crippen molar-refractivity contribution in [2.45, 2.75) is 13.0 Å². The number of hydrogen-bond donors (Lipinski definition) is 2. The van der Waals surface area contributed by atoms with Gasteiger partial charge in [-0.1, -0.05) is 17.7 Å². The highest BCUT2D eigenvalue weighted by Crippen LogP contribution is 2.26. The summed E-state index contributed by atoms with van der Waals surface area (Å²) in [6.45, 7) is 1.92. The van der Waals surface area contributed by atoms with Gasteiger partial charge in [0, 0.05) is 18.6 Å². The molecular weight excluding hydrogens is 266 g/mol. The van der Waals surface area contributed by atoms with E-state index in [1.54, 1.807) is 12.4 Å². The van der Waals surface area contributed by atoms with Gasteiger partial charge in [-0.25, -0.2) is 9.78 Å². The van der Waals surface area contributed by atoms with E-state index in [1.165, 1.54) is 12.3 Å². The molecule has 2 aromatic heterocycles. The Hall–Kier alpha value is -2.14. The van der Waals surface area contributed by atoms with Crippen LogP contribution in [0.4, 0.5) is 5.82 Å². The minimum Gasteiger partial charge on any atom is -0.478 e. The number of halogens is 1. The van der Waals surface area contributed by atoms with Gasteiger partial charge in [-0.15, -0.1) is 0 Å². The fraction of sp³-hybridized carbons (Fsp3) is 0.154. The largest absolute Gasteiger partial charge is 0.478 e. The lowest BCUT2D eigenvalue weighted by atomic mass is 10.1. The Morgan fingerprint density at radius 2 is 2.21 bits per heavy atom. The summed E-state index contributed by atoms with van der Waals surface area (Å²) in [5.74, 6) is -0.734. The Labute approximate surface area is 115 Å². The molecule has 5 nitrogen and oxygen atoms in total. The molecule has 2 N–H and O–H groups in total. The molecule has 6 heteroatoms. The normalized spacial score (nSPS) is 11.9. The van der Waals surface area contributed by atoms with Gasteiger partial charge in [0.25, 0.3) is 0 Å². The Bertz CT molecular complexity index is 590. The molecule has 0 aliphatic heterocycles. The zero-order chi connectivity index (χ0) is 13.8. The van der Waals surface area contributed by atoms with E-state index in [9.17, 15) is 4.79 Å². The van der Waals surface area contributed by atoms with Crippen LogP contribution < -0.4 is 5.32 Å². The van der Waals surface area contributed by atoms with Crippen LogP contribution in [0.3, 0.4) is 0 Å². The van der Waals surface area contributed by atoms with Crippen LogP contribution in [0.2, 0.25) is 5.02 Å². The number of carboxylic acid groups (broad SMARTS) is 1.